The first kappa shape index (κ1) is 12.3. The molecule has 5 heteroatoms. The van der Waals surface area contributed by atoms with Crippen molar-refractivity contribution >= 4 is 5.95 Å². The van der Waals surface area contributed by atoms with Gasteiger partial charge in [0.25, 0.3) is 0 Å². The van der Waals surface area contributed by atoms with Gasteiger partial charge in [-0.3, -0.25) is 0 Å². The number of halogens is 1. The molecule has 0 aliphatic rings. The molecule has 3 N–H and O–H groups in total. The lowest BCUT2D eigenvalue weighted by Gasteiger charge is -2.04. The molecule has 100 valence electrons. The van der Waals surface area contributed by atoms with Gasteiger partial charge in [-0.25, -0.2) is 14.4 Å². The summed E-state index contributed by atoms with van der Waals surface area (Å²) in [4.78, 5) is 11.2. The van der Waals surface area contributed by atoms with Crippen LogP contribution in [0.25, 0.3) is 22.6 Å². The number of anilines is 1. The van der Waals surface area contributed by atoms with E-state index in [1.807, 2.05) is 19.1 Å². The first-order chi connectivity index (χ1) is 9.63. The molecule has 0 aliphatic carbocycles. The number of aryl methyl sites for hydroxylation is 1. The Morgan fingerprint density at radius 1 is 1.10 bits per heavy atom. The van der Waals surface area contributed by atoms with Crippen molar-refractivity contribution in [2.75, 3.05) is 5.73 Å². The van der Waals surface area contributed by atoms with Crippen LogP contribution in [0, 0.1) is 12.7 Å². The quantitative estimate of drug-likeness (QED) is 0.750. The number of benzene rings is 1. The zero-order chi connectivity index (χ0) is 14.1. The fourth-order valence-electron chi connectivity index (χ4n) is 2.11. The smallest absolute Gasteiger partial charge is 0.220 e. The molecule has 0 saturated carbocycles. The molecule has 3 rings (SSSR count). The number of aromatic nitrogens is 3. The standard InChI is InChI=1S/C15H13FN4/c1-9-2-3-10(16)8-11(9)12-4-5-13(19-12)14-6-7-18-15(17)20-14/h2-8,19H,1H3,(H2,17,18,20). The minimum Gasteiger partial charge on any atom is -0.368 e. The topological polar surface area (TPSA) is 67.6 Å². The van der Waals surface area contributed by atoms with Crippen molar-refractivity contribution in [3.63, 3.8) is 0 Å². The molecule has 0 fully saturated rings. The third-order valence-corrected chi connectivity index (χ3v) is 3.13. The summed E-state index contributed by atoms with van der Waals surface area (Å²) in [5.41, 5.74) is 9.77. The molecule has 4 nitrogen and oxygen atoms in total. The van der Waals surface area contributed by atoms with Crippen LogP contribution in [0.3, 0.4) is 0 Å². The number of aromatic amines is 1. The van der Waals surface area contributed by atoms with E-state index < -0.39 is 0 Å². The SMILES string of the molecule is Cc1ccc(F)cc1-c1ccc(-c2ccnc(N)n2)[nH]1. The minimum absolute atomic E-state index is 0.223. The molecule has 1 aromatic carbocycles. The van der Waals surface area contributed by atoms with Crippen LogP contribution in [0.2, 0.25) is 0 Å². The van der Waals surface area contributed by atoms with Gasteiger partial charge in [-0.05, 0) is 42.8 Å². The predicted octanol–water partition coefficient (Wildman–Crippen LogP) is 3.17. The average molecular weight is 268 g/mol. The van der Waals surface area contributed by atoms with E-state index in [4.69, 9.17) is 5.73 Å². The molecule has 2 aromatic heterocycles. The maximum absolute atomic E-state index is 13.4. The summed E-state index contributed by atoms with van der Waals surface area (Å²) >= 11 is 0. The van der Waals surface area contributed by atoms with E-state index in [1.165, 1.54) is 12.1 Å². The number of nitrogens with one attached hydrogen (secondary N) is 1. The molecule has 0 amide bonds. The number of hydrogen-bond acceptors (Lipinski definition) is 3. The van der Waals surface area contributed by atoms with Gasteiger partial charge in [0.15, 0.2) is 0 Å². The zero-order valence-corrected chi connectivity index (χ0v) is 10.9. The summed E-state index contributed by atoms with van der Waals surface area (Å²) in [6.07, 6.45) is 1.60. The van der Waals surface area contributed by atoms with Crippen molar-refractivity contribution in [1.82, 2.24) is 15.0 Å². The molecule has 0 radical (unpaired) electrons. The fourth-order valence-corrected chi connectivity index (χ4v) is 2.11. The molecule has 0 bridgehead atoms. The summed E-state index contributed by atoms with van der Waals surface area (Å²) in [5.74, 6) is -0.0337. The summed E-state index contributed by atoms with van der Waals surface area (Å²) in [5, 5.41) is 0. The molecule has 20 heavy (non-hydrogen) atoms. The van der Waals surface area contributed by atoms with E-state index >= 15 is 0 Å². The molecular formula is C15H13FN4. The molecule has 0 spiro atoms. The zero-order valence-electron chi connectivity index (χ0n) is 10.9. The Morgan fingerprint density at radius 2 is 1.90 bits per heavy atom. The van der Waals surface area contributed by atoms with Gasteiger partial charge >= 0.3 is 0 Å². The van der Waals surface area contributed by atoms with Crippen LogP contribution >= 0.6 is 0 Å². The first-order valence-electron chi connectivity index (χ1n) is 6.18. The van der Waals surface area contributed by atoms with E-state index in [0.717, 1.165) is 22.5 Å². The minimum atomic E-state index is -0.256. The third-order valence-electron chi connectivity index (χ3n) is 3.13. The predicted molar refractivity (Wildman–Crippen MR) is 76.4 cm³/mol. The van der Waals surface area contributed by atoms with Gasteiger partial charge in [0.05, 0.1) is 11.4 Å². The van der Waals surface area contributed by atoms with E-state index in [2.05, 4.69) is 15.0 Å². The van der Waals surface area contributed by atoms with E-state index in [9.17, 15) is 4.39 Å². The van der Waals surface area contributed by atoms with Crippen LogP contribution in [0.4, 0.5) is 10.3 Å². The summed E-state index contributed by atoms with van der Waals surface area (Å²) in [6, 6.07) is 10.3. The van der Waals surface area contributed by atoms with Gasteiger partial charge in [-0.15, -0.1) is 0 Å². The molecule has 0 aliphatic heterocycles. The Kier molecular flexibility index (Phi) is 2.95. The molecule has 2 heterocycles. The van der Waals surface area contributed by atoms with Crippen molar-refractivity contribution in [2.45, 2.75) is 6.92 Å². The lowest BCUT2D eigenvalue weighted by Crippen LogP contribution is -1.95. The van der Waals surface area contributed by atoms with Gasteiger partial charge in [-0.1, -0.05) is 6.07 Å². The number of H-pyrrole nitrogens is 1. The Morgan fingerprint density at radius 3 is 2.70 bits per heavy atom. The van der Waals surface area contributed by atoms with Crippen LogP contribution in [-0.2, 0) is 0 Å². The first-order valence-corrected chi connectivity index (χ1v) is 6.18. The maximum Gasteiger partial charge on any atom is 0.220 e. The average Bonchev–Trinajstić information content (AvgIpc) is 2.91. The van der Waals surface area contributed by atoms with Crippen LogP contribution in [0.5, 0.6) is 0 Å². The van der Waals surface area contributed by atoms with Crippen molar-refractivity contribution in [3.05, 3.63) is 54.0 Å². The van der Waals surface area contributed by atoms with Crippen LogP contribution in [-0.4, -0.2) is 15.0 Å². The van der Waals surface area contributed by atoms with Crippen molar-refractivity contribution < 1.29 is 4.39 Å². The maximum atomic E-state index is 13.4. The number of rotatable bonds is 2. The Labute approximate surface area is 115 Å². The molecule has 0 atom stereocenters. The molecule has 0 unspecified atom stereocenters. The number of hydrogen-bond donors (Lipinski definition) is 2. The Balaban J connectivity index is 2.04. The largest absolute Gasteiger partial charge is 0.368 e. The van der Waals surface area contributed by atoms with Gasteiger partial charge < -0.3 is 10.7 Å². The number of nitrogen functional groups attached to an aromatic ring is 1. The Bertz CT molecular complexity index is 764. The van der Waals surface area contributed by atoms with E-state index in [-0.39, 0.29) is 11.8 Å². The number of nitrogens with zero attached hydrogens (tertiary/aromatic N) is 2. The van der Waals surface area contributed by atoms with Gasteiger partial charge in [-0.2, -0.15) is 0 Å². The second-order valence-corrected chi connectivity index (χ2v) is 4.55. The van der Waals surface area contributed by atoms with Crippen LogP contribution in [0.15, 0.2) is 42.6 Å². The van der Waals surface area contributed by atoms with Gasteiger partial charge in [0, 0.05) is 17.5 Å². The van der Waals surface area contributed by atoms with Gasteiger partial charge in [0.2, 0.25) is 5.95 Å². The molecule has 0 saturated heterocycles. The molecule has 3 aromatic rings. The fraction of sp³-hybridized carbons (Fsp3) is 0.0667. The van der Waals surface area contributed by atoms with Crippen LogP contribution < -0.4 is 5.73 Å². The highest BCUT2D eigenvalue weighted by molar-refractivity contribution is 5.69. The summed E-state index contributed by atoms with van der Waals surface area (Å²) in [7, 11) is 0. The highest BCUT2D eigenvalue weighted by atomic mass is 19.1. The second kappa shape index (κ2) is 4.77. The highest BCUT2D eigenvalue weighted by Gasteiger charge is 2.08. The van der Waals surface area contributed by atoms with Crippen molar-refractivity contribution in [1.29, 1.82) is 0 Å². The Hall–Kier alpha value is -2.69. The summed E-state index contributed by atoms with van der Waals surface area (Å²) < 4.78 is 13.4. The normalized spacial score (nSPS) is 10.7. The lowest BCUT2D eigenvalue weighted by molar-refractivity contribution is 0.628. The van der Waals surface area contributed by atoms with Crippen molar-refractivity contribution in [3.8, 4) is 22.6 Å². The van der Waals surface area contributed by atoms with E-state index in [1.54, 1.807) is 18.3 Å². The van der Waals surface area contributed by atoms with E-state index in [0.29, 0.717) is 5.69 Å². The second-order valence-electron chi connectivity index (χ2n) is 4.55. The van der Waals surface area contributed by atoms with Crippen LogP contribution in [0.1, 0.15) is 5.56 Å². The summed E-state index contributed by atoms with van der Waals surface area (Å²) in [6.45, 7) is 1.94. The highest BCUT2D eigenvalue weighted by Crippen LogP contribution is 2.26. The molecular weight excluding hydrogens is 255 g/mol. The lowest BCUT2D eigenvalue weighted by atomic mass is 10.1. The van der Waals surface area contributed by atoms with Gasteiger partial charge in [0.1, 0.15) is 5.82 Å². The third kappa shape index (κ3) is 2.25. The van der Waals surface area contributed by atoms with Crippen molar-refractivity contribution in [2.24, 2.45) is 0 Å². The monoisotopic (exact) mass is 268 g/mol. The number of nitrogens with two attached hydrogens (primary N) is 1.